The molecular formula is C25H29N3O5. The molecule has 0 saturated carbocycles. The molecule has 1 heterocycles. The van der Waals surface area contributed by atoms with Crippen molar-refractivity contribution >= 4 is 23.6 Å². The fourth-order valence-electron chi connectivity index (χ4n) is 3.62. The first kappa shape index (κ1) is 23.8. The zero-order valence-electron chi connectivity index (χ0n) is 19.1. The van der Waals surface area contributed by atoms with E-state index in [2.05, 4.69) is 10.6 Å². The summed E-state index contributed by atoms with van der Waals surface area (Å²) < 4.78 is 10.7. The van der Waals surface area contributed by atoms with Crippen molar-refractivity contribution in [2.45, 2.75) is 33.2 Å². The SMILES string of the molecule is CCCN1C(=O)NC(c2ccc(NC(=O)COc3ccccc3)cc2)C(C(=O)OCC)=C1C. The number of benzene rings is 2. The predicted octanol–water partition coefficient (Wildman–Crippen LogP) is 4.02. The standard InChI is InChI=1S/C25H29N3O5/c1-4-15-28-17(3)22(24(30)32-5-2)23(27-25(28)31)18-11-13-19(14-12-18)26-21(29)16-33-20-9-7-6-8-10-20/h6-14,23H,4-5,15-16H2,1-3H3,(H,26,29)(H,27,31). The number of carbonyl (C=O) groups excluding carboxylic acids is 3. The Bertz CT molecular complexity index is 1020. The van der Waals surface area contributed by atoms with Crippen molar-refractivity contribution in [3.8, 4) is 5.75 Å². The summed E-state index contributed by atoms with van der Waals surface area (Å²) in [4.78, 5) is 39.1. The van der Waals surface area contributed by atoms with Gasteiger partial charge in [0.1, 0.15) is 5.75 Å². The van der Waals surface area contributed by atoms with Gasteiger partial charge in [-0.2, -0.15) is 0 Å². The number of para-hydroxylation sites is 1. The summed E-state index contributed by atoms with van der Waals surface area (Å²) in [7, 11) is 0. The Morgan fingerprint density at radius 2 is 1.76 bits per heavy atom. The molecule has 1 unspecified atom stereocenters. The molecule has 2 aromatic rings. The molecule has 0 aromatic heterocycles. The molecule has 0 bridgehead atoms. The van der Waals surface area contributed by atoms with Gasteiger partial charge in [0.25, 0.3) is 5.91 Å². The fourth-order valence-corrected chi connectivity index (χ4v) is 3.62. The number of nitrogens with zero attached hydrogens (tertiary/aromatic N) is 1. The Kier molecular flexibility index (Phi) is 8.07. The highest BCUT2D eigenvalue weighted by Gasteiger charge is 2.36. The molecule has 8 nitrogen and oxygen atoms in total. The topological polar surface area (TPSA) is 97.0 Å². The Morgan fingerprint density at radius 1 is 1.06 bits per heavy atom. The number of urea groups is 1. The summed E-state index contributed by atoms with van der Waals surface area (Å²) >= 11 is 0. The molecular weight excluding hydrogens is 422 g/mol. The Morgan fingerprint density at radius 3 is 2.39 bits per heavy atom. The van der Waals surface area contributed by atoms with Crippen molar-refractivity contribution in [1.29, 1.82) is 0 Å². The summed E-state index contributed by atoms with van der Waals surface area (Å²) in [5.41, 5.74) is 2.27. The molecule has 0 aliphatic carbocycles. The first-order valence-corrected chi connectivity index (χ1v) is 11.0. The molecule has 3 rings (SSSR count). The smallest absolute Gasteiger partial charge is 0.338 e. The number of hydrogen-bond acceptors (Lipinski definition) is 5. The molecule has 2 aromatic carbocycles. The van der Waals surface area contributed by atoms with Crippen LogP contribution in [0.4, 0.5) is 10.5 Å². The van der Waals surface area contributed by atoms with E-state index in [4.69, 9.17) is 9.47 Å². The predicted molar refractivity (Wildman–Crippen MR) is 125 cm³/mol. The number of nitrogens with one attached hydrogen (secondary N) is 2. The lowest BCUT2D eigenvalue weighted by Crippen LogP contribution is -2.48. The van der Waals surface area contributed by atoms with E-state index in [1.165, 1.54) is 0 Å². The van der Waals surface area contributed by atoms with E-state index in [0.717, 1.165) is 6.42 Å². The molecule has 174 valence electrons. The van der Waals surface area contributed by atoms with Crippen LogP contribution in [-0.2, 0) is 14.3 Å². The van der Waals surface area contributed by atoms with Crippen molar-refractivity contribution in [2.24, 2.45) is 0 Å². The molecule has 33 heavy (non-hydrogen) atoms. The van der Waals surface area contributed by atoms with Crippen LogP contribution in [-0.4, -0.2) is 42.6 Å². The molecule has 1 atom stereocenters. The number of hydrogen-bond donors (Lipinski definition) is 2. The second-order valence-electron chi connectivity index (χ2n) is 7.53. The molecule has 0 saturated heterocycles. The first-order valence-electron chi connectivity index (χ1n) is 11.0. The Balaban J connectivity index is 1.74. The third-order valence-electron chi connectivity index (χ3n) is 5.18. The summed E-state index contributed by atoms with van der Waals surface area (Å²) in [5.74, 6) is -0.144. The highest BCUT2D eigenvalue weighted by atomic mass is 16.5. The second-order valence-corrected chi connectivity index (χ2v) is 7.53. The van der Waals surface area contributed by atoms with E-state index < -0.39 is 12.0 Å². The third-order valence-corrected chi connectivity index (χ3v) is 5.18. The van der Waals surface area contributed by atoms with E-state index in [1.807, 2.05) is 25.1 Å². The van der Waals surface area contributed by atoms with E-state index in [-0.39, 0.29) is 25.2 Å². The quantitative estimate of drug-likeness (QED) is 0.562. The highest BCUT2D eigenvalue weighted by Crippen LogP contribution is 2.32. The maximum absolute atomic E-state index is 12.7. The highest BCUT2D eigenvalue weighted by molar-refractivity contribution is 5.95. The minimum Gasteiger partial charge on any atom is -0.484 e. The van der Waals surface area contributed by atoms with Gasteiger partial charge in [0.15, 0.2) is 6.61 Å². The second kappa shape index (κ2) is 11.2. The number of allylic oxidation sites excluding steroid dienone is 1. The average Bonchev–Trinajstić information content (AvgIpc) is 2.81. The number of rotatable bonds is 9. The van der Waals surface area contributed by atoms with Crippen LogP contribution in [0.3, 0.4) is 0 Å². The zero-order valence-corrected chi connectivity index (χ0v) is 19.1. The Labute approximate surface area is 193 Å². The molecule has 3 amide bonds. The van der Waals surface area contributed by atoms with Gasteiger partial charge in [0.05, 0.1) is 18.2 Å². The number of carbonyl (C=O) groups is 3. The Hall–Kier alpha value is -3.81. The summed E-state index contributed by atoms with van der Waals surface area (Å²) in [6.45, 7) is 6.09. The number of esters is 1. The fraction of sp³-hybridized carbons (Fsp3) is 0.320. The molecule has 8 heteroatoms. The largest absolute Gasteiger partial charge is 0.484 e. The number of ether oxygens (including phenoxy) is 2. The first-order chi connectivity index (χ1) is 15.9. The van der Waals surface area contributed by atoms with Crippen LogP contribution < -0.4 is 15.4 Å². The maximum Gasteiger partial charge on any atom is 0.338 e. The van der Waals surface area contributed by atoms with Crippen LogP contribution in [0.25, 0.3) is 0 Å². The minimum atomic E-state index is -0.643. The molecule has 1 aliphatic heterocycles. The van der Waals surface area contributed by atoms with Crippen LogP contribution in [0, 0.1) is 0 Å². The molecule has 2 N–H and O–H groups in total. The van der Waals surface area contributed by atoms with Crippen LogP contribution in [0.5, 0.6) is 5.75 Å². The molecule has 1 aliphatic rings. The van der Waals surface area contributed by atoms with Gasteiger partial charge in [-0.05, 0) is 50.1 Å². The summed E-state index contributed by atoms with van der Waals surface area (Å²) in [6.07, 6.45) is 0.758. The maximum atomic E-state index is 12.7. The molecule has 0 spiro atoms. The van der Waals surface area contributed by atoms with Crippen molar-refractivity contribution in [2.75, 3.05) is 25.1 Å². The van der Waals surface area contributed by atoms with Gasteiger partial charge >= 0.3 is 12.0 Å². The van der Waals surface area contributed by atoms with Gasteiger partial charge in [0, 0.05) is 17.9 Å². The lowest BCUT2D eigenvalue weighted by Gasteiger charge is -2.35. The van der Waals surface area contributed by atoms with Gasteiger partial charge in [-0.3, -0.25) is 9.69 Å². The number of anilines is 1. The van der Waals surface area contributed by atoms with Crippen LogP contribution >= 0.6 is 0 Å². The summed E-state index contributed by atoms with van der Waals surface area (Å²) in [5, 5.41) is 5.68. The minimum absolute atomic E-state index is 0.118. The van der Waals surface area contributed by atoms with Crippen molar-refractivity contribution in [1.82, 2.24) is 10.2 Å². The normalized spacial score (nSPS) is 15.7. The monoisotopic (exact) mass is 451 g/mol. The average molecular weight is 452 g/mol. The van der Waals surface area contributed by atoms with Crippen molar-refractivity contribution in [3.63, 3.8) is 0 Å². The van der Waals surface area contributed by atoms with Gasteiger partial charge in [-0.1, -0.05) is 37.3 Å². The van der Waals surface area contributed by atoms with Gasteiger partial charge in [-0.25, -0.2) is 9.59 Å². The van der Waals surface area contributed by atoms with Crippen molar-refractivity contribution < 1.29 is 23.9 Å². The van der Waals surface area contributed by atoms with Crippen LogP contribution in [0.2, 0.25) is 0 Å². The lowest BCUT2D eigenvalue weighted by molar-refractivity contribution is -0.139. The van der Waals surface area contributed by atoms with Crippen LogP contribution in [0.1, 0.15) is 38.8 Å². The molecule has 0 fully saturated rings. The zero-order chi connectivity index (χ0) is 23.8. The lowest BCUT2D eigenvalue weighted by atomic mass is 9.94. The van der Waals surface area contributed by atoms with Gasteiger partial charge < -0.3 is 20.1 Å². The van der Waals surface area contributed by atoms with E-state index in [0.29, 0.717) is 34.8 Å². The van der Waals surface area contributed by atoms with Gasteiger partial charge in [0.2, 0.25) is 0 Å². The van der Waals surface area contributed by atoms with E-state index >= 15 is 0 Å². The van der Waals surface area contributed by atoms with E-state index in [9.17, 15) is 14.4 Å². The van der Waals surface area contributed by atoms with E-state index in [1.54, 1.807) is 55.1 Å². The van der Waals surface area contributed by atoms with Crippen LogP contribution in [0.15, 0.2) is 65.9 Å². The number of amides is 3. The van der Waals surface area contributed by atoms with Crippen molar-refractivity contribution in [3.05, 3.63) is 71.4 Å². The molecule has 0 radical (unpaired) electrons. The van der Waals surface area contributed by atoms with Gasteiger partial charge in [-0.15, -0.1) is 0 Å². The third kappa shape index (κ3) is 5.91. The summed E-state index contributed by atoms with van der Waals surface area (Å²) in [6, 6.07) is 15.2.